The van der Waals surface area contributed by atoms with Crippen LogP contribution in [0.15, 0.2) is 36.7 Å². The van der Waals surface area contributed by atoms with Crippen molar-refractivity contribution in [1.29, 1.82) is 0 Å². The quantitative estimate of drug-likeness (QED) is 0.857. The number of benzene rings is 1. The number of aromatic carboxylic acids is 1. The van der Waals surface area contributed by atoms with E-state index in [0.717, 1.165) is 12.4 Å². The fraction of sp³-hybridized carbons (Fsp3) is 0. The van der Waals surface area contributed by atoms with Crippen LogP contribution in [0.5, 0.6) is 0 Å². The summed E-state index contributed by atoms with van der Waals surface area (Å²) in [6.07, 6.45) is 2.17. The normalized spacial score (nSPS) is 10.1. The van der Waals surface area contributed by atoms with Gasteiger partial charge >= 0.3 is 5.97 Å². The average molecular weight is 263 g/mol. The Morgan fingerprint density at radius 3 is 2.39 bits per heavy atom. The molecule has 2 rings (SSSR count). The van der Waals surface area contributed by atoms with Crippen molar-refractivity contribution in [2.24, 2.45) is 0 Å². The molecule has 90 valence electrons. The molecule has 0 bridgehead atoms. The third-order valence-corrected chi connectivity index (χ3v) is 2.53. The molecular weight excluding hydrogens is 256 g/mol. The first kappa shape index (κ1) is 12.2. The van der Waals surface area contributed by atoms with Gasteiger partial charge in [-0.2, -0.15) is 10.2 Å². The first-order valence-electron chi connectivity index (χ1n) is 4.94. The standard InChI is InChI=1S/C12H7ClN2O3/c13-8-3-1-2-7(4-8)11(16)9-5-14-15-6-10(9)12(17)18/h1-6H,(H,17,18). The summed E-state index contributed by atoms with van der Waals surface area (Å²) >= 11 is 5.78. The van der Waals surface area contributed by atoms with Gasteiger partial charge in [-0.3, -0.25) is 4.79 Å². The lowest BCUT2D eigenvalue weighted by atomic mass is 10.0. The average Bonchev–Trinajstić information content (AvgIpc) is 2.38. The van der Waals surface area contributed by atoms with Gasteiger partial charge in [-0.05, 0) is 12.1 Å². The first-order valence-corrected chi connectivity index (χ1v) is 5.31. The van der Waals surface area contributed by atoms with E-state index >= 15 is 0 Å². The SMILES string of the molecule is O=C(O)c1cnncc1C(=O)c1cccc(Cl)c1. The summed E-state index contributed by atoms with van der Waals surface area (Å²) in [6.45, 7) is 0. The van der Waals surface area contributed by atoms with E-state index in [1.165, 1.54) is 6.07 Å². The Morgan fingerprint density at radius 1 is 1.11 bits per heavy atom. The summed E-state index contributed by atoms with van der Waals surface area (Å²) in [5.74, 6) is -1.68. The smallest absolute Gasteiger partial charge is 0.338 e. The molecule has 1 N–H and O–H groups in total. The van der Waals surface area contributed by atoms with Crippen molar-refractivity contribution in [2.75, 3.05) is 0 Å². The number of ketones is 1. The highest BCUT2D eigenvalue weighted by molar-refractivity contribution is 6.31. The van der Waals surface area contributed by atoms with Crippen LogP contribution in [0.1, 0.15) is 26.3 Å². The molecule has 0 atom stereocenters. The Kier molecular flexibility index (Phi) is 3.34. The van der Waals surface area contributed by atoms with Crippen LogP contribution >= 0.6 is 11.6 Å². The minimum atomic E-state index is -1.23. The number of halogens is 1. The Balaban J connectivity index is 2.50. The monoisotopic (exact) mass is 262 g/mol. The lowest BCUT2D eigenvalue weighted by Crippen LogP contribution is -2.11. The zero-order valence-electron chi connectivity index (χ0n) is 9.00. The van der Waals surface area contributed by atoms with Crippen LogP contribution in [0.25, 0.3) is 0 Å². The Hall–Kier alpha value is -2.27. The molecular formula is C12H7ClN2O3. The zero-order valence-corrected chi connectivity index (χ0v) is 9.76. The predicted octanol–water partition coefficient (Wildman–Crippen LogP) is 2.06. The van der Waals surface area contributed by atoms with Crippen LogP contribution < -0.4 is 0 Å². The Labute approximate surface area is 107 Å². The molecule has 0 saturated carbocycles. The maximum absolute atomic E-state index is 12.1. The van der Waals surface area contributed by atoms with Crippen molar-refractivity contribution >= 4 is 23.4 Å². The first-order chi connectivity index (χ1) is 8.59. The molecule has 2 aromatic rings. The second kappa shape index (κ2) is 4.93. The van der Waals surface area contributed by atoms with Gasteiger partial charge < -0.3 is 5.11 Å². The minimum absolute atomic E-state index is 0.0141. The van der Waals surface area contributed by atoms with Crippen molar-refractivity contribution < 1.29 is 14.7 Å². The van der Waals surface area contributed by atoms with E-state index in [1.54, 1.807) is 18.2 Å². The van der Waals surface area contributed by atoms with Crippen LogP contribution in [-0.4, -0.2) is 27.1 Å². The summed E-state index contributed by atoms with van der Waals surface area (Å²) in [4.78, 5) is 23.1. The summed E-state index contributed by atoms with van der Waals surface area (Å²) in [7, 11) is 0. The molecule has 0 aliphatic heterocycles. The van der Waals surface area contributed by atoms with E-state index in [9.17, 15) is 9.59 Å². The van der Waals surface area contributed by atoms with Gasteiger partial charge in [0.15, 0.2) is 5.78 Å². The van der Waals surface area contributed by atoms with E-state index < -0.39 is 11.8 Å². The lowest BCUT2D eigenvalue weighted by Gasteiger charge is -2.04. The molecule has 1 aromatic carbocycles. The molecule has 0 spiro atoms. The van der Waals surface area contributed by atoms with Crippen molar-refractivity contribution in [3.63, 3.8) is 0 Å². The number of carbonyl (C=O) groups is 2. The molecule has 0 aliphatic carbocycles. The fourth-order valence-corrected chi connectivity index (χ4v) is 1.65. The van der Waals surface area contributed by atoms with Crippen molar-refractivity contribution in [3.8, 4) is 0 Å². The van der Waals surface area contributed by atoms with Gasteiger partial charge in [0.2, 0.25) is 0 Å². The number of hydrogen-bond donors (Lipinski definition) is 1. The van der Waals surface area contributed by atoms with Gasteiger partial charge in [-0.25, -0.2) is 4.79 Å². The molecule has 5 nitrogen and oxygen atoms in total. The van der Waals surface area contributed by atoms with Crippen LogP contribution in [0, 0.1) is 0 Å². The topological polar surface area (TPSA) is 80.2 Å². The molecule has 1 aromatic heterocycles. The molecule has 6 heteroatoms. The molecule has 0 fully saturated rings. The maximum atomic E-state index is 12.1. The van der Waals surface area contributed by atoms with Crippen molar-refractivity contribution in [3.05, 3.63) is 58.4 Å². The molecule has 1 heterocycles. The van der Waals surface area contributed by atoms with E-state index in [4.69, 9.17) is 16.7 Å². The summed E-state index contributed by atoms with van der Waals surface area (Å²) in [6, 6.07) is 6.27. The van der Waals surface area contributed by atoms with Gasteiger partial charge in [0.05, 0.1) is 23.5 Å². The van der Waals surface area contributed by atoms with E-state index in [-0.39, 0.29) is 11.1 Å². The largest absolute Gasteiger partial charge is 0.478 e. The maximum Gasteiger partial charge on any atom is 0.338 e. The van der Waals surface area contributed by atoms with Gasteiger partial charge in [-0.1, -0.05) is 23.7 Å². The van der Waals surface area contributed by atoms with Crippen LogP contribution in [0.3, 0.4) is 0 Å². The number of aromatic nitrogens is 2. The summed E-state index contributed by atoms with van der Waals surface area (Å²) in [5, 5.41) is 16.4. The minimum Gasteiger partial charge on any atom is -0.478 e. The van der Waals surface area contributed by atoms with Gasteiger partial charge in [-0.15, -0.1) is 0 Å². The van der Waals surface area contributed by atoms with Gasteiger partial charge in [0, 0.05) is 10.6 Å². The molecule has 0 amide bonds. The Morgan fingerprint density at radius 2 is 1.78 bits per heavy atom. The highest BCUT2D eigenvalue weighted by atomic mass is 35.5. The van der Waals surface area contributed by atoms with Crippen LogP contribution in [0.2, 0.25) is 5.02 Å². The fourth-order valence-electron chi connectivity index (χ4n) is 1.46. The molecule has 0 unspecified atom stereocenters. The zero-order chi connectivity index (χ0) is 13.1. The van der Waals surface area contributed by atoms with Crippen molar-refractivity contribution in [1.82, 2.24) is 10.2 Å². The predicted molar refractivity (Wildman–Crippen MR) is 63.9 cm³/mol. The summed E-state index contributed by atoms with van der Waals surface area (Å²) in [5.41, 5.74) is 0.104. The van der Waals surface area contributed by atoms with Crippen LogP contribution in [0.4, 0.5) is 0 Å². The van der Waals surface area contributed by atoms with E-state index in [2.05, 4.69) is 10.2 Å². The van der Waals surface area contributed by atoms with Gasteiger partial charge in [0.1, 0.15) is 0 Å². The molecule has 0 aliphatic rings. The second-order valence-corrected chi connectivity index (χ2v) is 3.90. The molecule has 0 saturated heterocycles. The van der Waals surface area contributed by atoms with Gasteiger partial charge in [0.25, 0.3) is 0 Å². The number of carboxylic acid groups (broad SMARTS) is 1. The number of carboxylic acids is 1. The van der Waals surface area contributed by atoms with Crippen molar-refractivity contribution in [2.45, 2.75) is 0 Å². The Bertz CT molecular complexity index is 628. The third kappa shape index (κ3) is 2.36. The van der Waals surface area contributed by atoms with E-state index in [1.807, 2.05) is 0 Å². The molecule has 0 radical (unpaired) electrons. The summed E-state index contributed by atoms with van der Waals surface area (Å²) < 4.78 is 0. The van der Waals surface area contributed by atoms with Crippen LogP contribution in [-0.2, 0) is 0 Å². The number of hydrogen-bond acceptors (Lipinski definition) is 4. The van der Waals surface area contributed by atoms with E-state index in [0.29, 0.717) is 10.6 Å². The number of carbonyl (C=O) groups excluding carboxylic acids is 1. The third-order valence-electron chi connectivity index (χ3n) is 2.29. The number of rotatable bonds is 3. The number of nitrogens with zero attached hydrogens (tertiary/aromatic N) is 2. The highest BCUT2D eigenvalue weighted by Crippen LogP contribution is 2.16. The highest BCUT2D eigenvalue weighted by Gasteiger charge is 2.18. The second-order valence-electron chi connectivity index (χ2n) is 3.46. The molecule has 18 heavy (non-hydrogen) atoms. The lowest BCUT2D eigenvalue weighted by molar-refractivity contribution is 0.0692.